The largest absolute Gasteiger partial charge is 0.220 e. The lowest BCUT2D eigenvalue weighted by Crippen LogP contribution is -2.22. The normalized spacial score (nSPS) is 10.8. The van der Waals surface area contributed by atoms with E-state index < -0.39 is 10.0 Å². The minimum absolute atomic E-state index is 0.243. The van der Waals surface area contributed by atoms with Crippen molar-refractivity contribution in [2.45, 2.75) is 0 Å². The summed E-state index contributed by atoms with van der Waals surface area (Å²) in [4.78, 5) is 0. The minimum Gasteiger partial charge on any atom is -0.212 e. The molecule has 0 aliphatic heterocycles. The summed E-state index contributed by atoms with van der Waals surface area (Å²) in [6.07, 6.45) is 2.68. The third-order valence-electron chi connectivity index (χ3n) is 0.704. The van der Waals surface area contributed by atoms with Gasteiger partial charge in [0.15, 0.2) is 0 Å². The second-order valence-corrected chi connectivity index (χ2v) is 3.20. The molecule has 57 valence electrons. The Hall–Kier alpha value is -0.610. The zero-order chi connectivity index (χ0) is 8.04. The van der Waals surface area contributed by atoms with E-state index in [4.69, 9.17) is 0 Å². The quantitative estimate of drug-likeness (QED) is 0.593. The third-order valence-corrected chi connectivity index (χ3v) is 1.82. The molecule has 0 aromatic rings. The molecular weight excluding hydrogens is 150 g/mol. The van der Waals surface area contributed by atoms with Crippen LogP contribution in [-0.4, -0.2) is 15.0 Å². The van der Waals surface area contributed by atoms with Gasteiger partial charge in [-0.3, -0.25) is 0 Å². The van der Waals surface area contributed by atoms with E-state index in [1.807, 2.05) is 0 Å². The molecule has 0 rings (SSSR count). The van der Waals surface area contributed by atoms with E-state index in [9.17, 15) is 8.42 Å². The molecular formula is C6H10NO2S. The number of hydrogen-bond donors (Lipinski definition) is 1. The molecule has 4 heteroatoms. The summed E-state index contributed by atoms with van der Waals surface area (Å²) >= 11 is 0. The Morgan fingerprint density at radius 1 is 1.40 bits per heavy atom. The van der Waals surface area contributed by atoms with E-state index in [1.165, 1.54) is 12.2 Å². The van der Waals surface area contributed by atoms with E-state index in [1.54, 1.807) is 0 Å². The predicted molar refractivity (Wildman–Crippen MR) is 41.6 cm³/mol. The Balaban J connectivity index is 3.87. The third kappa shape index (κ3) is 4.29. The highest BCUT2D eigenvalue weighted by Gasteiger charge is 2.03. The van der Waals surface area contributed by atoms with Gasteiger partial charge in [0.1, 0.15) is 5.75 Å². The van der Waals surface area contributed by atoms with Gasteiger partial charge >= 0.3 is 0 Å². The fourth-order valence-electron chi connectivity index (χ4n) is 0.350. The first-order valence-corrected chi connectivity index (χ1v) is 4.23. The Bertz CT molecular complexity index is 206. The van der Waals surface area contributed by atoms with E-state index in [-0.39, 0.29) is 6.54 Å². The summed E-state index contributed by atoms with van der Waals surface area (Å²) in [7, 11) is -3.26. The molecule has 0 bridgehead atoms. The van der Waals surface area contributed by atoms with Crippen LogP contribution in [0.1, 0.15) is 0 Å². The monoisotopic (exact) mass is 160 g/mol. The van der Waals surface area contributed by atoms with Crippen molar-refractivity contribution in [2.75, 3.05) is 6.54 Å². The first kappa shape index (κ1) is 9.39. The molecule has 1 N–H and O–H groups in total. The molecule has 0 fully saturated rings. The lowest BCUT2D eigenvalue weighted by atomic mass is 10.7. The molecule has 0 heterocycles. The Kier molecular flexibility index (Phi) is 3.99. The lowest BCUT2D eigenvalue weighted by molar-refractivity contribution is 0.592. The predicted octanol–water partition coefficient (Wildman–Crippen LogP) is 0.440. The van der Waals surface area contributed by atoms with Crippen LogP contribution in [0.25, 0.3) is 0 Å². The molecule has 0 atom stereocenters. The maximum absolute atomic E-state index is 10.7. The van der Waals surface area contributed by atoms with Crippen molar-refractivity contribution in [1.82, 2.24) is 4.72 Å². The van der Waals surface area contributed by atoms with Gasteiger partial charge in [-0.1, -0.05) is 12.2 Å². The van der Waals surface area contributed by atoms with Gasteiger partial charge in [0.25, 0.3) is 0 Å². The van der Waals surface area contributed by atoms with Crippen molar-refractivity contribution < 1.29 is 8.42 Å². The van der Waals surface area contributed by atoms with Crippen LogP contribution in [0, 0.1) is 5.75 Å². The van der Waals surface area contributed by atoms with Gasteiger partial charge < -0.3 is 0 Å². The van der Waals surface area contributed by atoms with Crippen LogP contribution < -0.4 is 4.72 Å². The molecule has 0 saturated carbocycles. The van der Waals surface area contributed by atoms with Gasteiger partial charge in [0, 0.05) is 6.54 Å². The van der Waals surface area contributed by atoms with Crippen molar-refractivity contribution in [2.24, 2.45) is 0 Å². The number of sulfonamides is 1. The molecule has 0 unspecified atom stereocenters. The summed E-state index contributed by atoms with van der Waals surface area (Å²) in [6.45, 7) is 6.85. The second kappa shape index (κ2) is 4.24. The number of nitrogens with one attached hydrogen (secondary N) is 1. The summed E-state index contributed by atoms with van der Waals surface area (Å²) in [5.41, 5.74) is 0. The molecule has 10 heavy (non-hydrogen) atoms. The summed E-state index contributed by atoms with van der Waals surface area (Å²) in [5, 5.41) is 0. The van der Waals surface area contributed by atoms with Crippen molar-refractivity contribution in [3.8, 4) is 0 Å². The first-order valence-electron chi connectivity index (χ1n) is 2.68. The van der Waals surface area contributed by atoms with Crippen molar-refractivity contribution in [3.05, 3.63) is 31.1 Å². The highest BCUT2D eigenvalue weighted by atomic mass is 32.2. The second-order valence-electron chi connectivity index (χ2n) is 1.55. The van der Waals surface area contributed by atoms with Crippen LogP contribution in [0.5, 0.6) is 0 Å². The van der Waals surface area contributed by atoms with Gasteiger partial charge in [0.2, 0.25) is 10.0 Å². The molecule has 1 radical (unpaired) electrons. The molecule has 0 aromatic heterocycles. The number of hydrogen-bond acceptors (Lipinski definition) is 2. The van der Waals surface area contributed by atoms with E-state index in [0.717, 1.165) is 5.75 Å². The fraction of sp³-hybridized carbons (Fsp3) is 0.167. The SMILES string of the molecule is C=C[CH]S(=O)(=O)NCC=C. The molecule has 0 aromatic carbocycles. The van der Waals surface area contributed by atoms with E-state index >= 15 is 0 Å². The van der Waals surface area contributed by atoms with Crippen LogP contribution in [0.4, 0.5) is 0 Å². The Morgan fingerprint density at radius 3 is 2.40 bits per heavy atom. The molecule has 0 aliphatic carbocycles. The van der Waals surface area contributed by atoms with Crippen LogP contribution in [0.15, 0.2) is 25.3 Å². The molecule has 3 nitrogen and oxygen atoms in total. The van der Waals surface area contributed by atoms with Gasteiger partial charge in [-0.2, -0.15) is 0 Å². The highest BCUT2D eigenvalue weighted by Crippen LogP contribution is 1.89. The standard InChI is InChI=1S/C6H10NO2S/c1-3-5-7-10(8,9)6-4-2/h3-4,6-7H,1-2,5H2. The van der Waals surface area contributed by atoms with Gasteiger partial charge in [-0.25, -0.2) is 13.1 Å². The average molecular weight is 160 g/mol. The van der Waals surface area contributed by atoms with Crippen LogP contribution in [-0.2, 0) is 10.0 Å². The maximum atomic E-state index is 10.7. The zero-order valence-corrected chi connectivity index (χ0v) is 6.39. The van der Waals surface area contributed by atoms with Crippen molar-refractivity contribution in [1.29, 1.82) is 0 Å². The molecule has 0 spiro atoms. The molecule has 0 saturated heterocycles. The smallest absolute Gasteiger partial charge is 0.212 e. The molecule has 0 amide bonds. The van der Waals surface area contributed by atoms with Crippen molar-refractivity contribution in [3.63, 3.8) is 0 Å². The van der Waals surface area contributed by atoms with Crippen molar-refractivity contribution >= 4 is 10.0 Å². The maximum Gasteiger partial charge on any atom is 0.220 e. The van der Waals surface area contributed by atoms with Gasteiger partial charge in [-0.15, -0.1) is 13.2 Å². The van der Waals surface area contributed by atoms with Crippen LogP contribution in [0.3, 0.4) is 0 Å². The number of rotatable bonds is 5. The Labute approximate surface area is 61.5 Å². The lowest BCUT2D eigenvalue weighted by Gasteiger charge is -1.98. The minimum atomic E-state index is -3.26. The van der Waals surface area contributed by atoms with Crippen LogP contribution >= 0.6 is 0 Å². The highest BCUT2D eigenvalue weighted by molar-refractivity contribution is 7.91. The van der Waals surface area contributed by atoms with Gasteiger partial charge in [0.05, 0.1) is 0 Å². The van der Waals surface area contributed by atoms with Crippen LogP contribution in [0.2, 0.25) is 0 Å². The summed E-state index contributed by atoms with van der Waals surface area (Å²) in [6, 6.07) is 0. The van der Waals surface area contributed by atoms with E-state index in [0.29, 0.717) is 0 Å². The zero-order valence-electron chi connectivity index (χ0n) is 5.58. The summed E-state index contributed by atoms with van der Waals surface area (Å²) in [5.74, 6) is 0.997. The average Bonchev–Trinajstić information content (AvgIpc) is 1.84. The van der Waals surface area contributed by atoms with E-state index in [2.05, 4.69) is 17.9 Å². The summed E-state index contributed by atoms with van der Waals surface area (Å²) < 4.78 is 23.6. The molecule has 0 aliphatic rings. The topological polar surface area (TPSA) is 46.2 Å². The Morgan fingerprint density at radius 2 is 2.00 bits per heavy atom. The van der Waals surface area contributed by atoms with Gasteiger partial charge in [-0.05, 0) is 0 Å². The first-order chi connectivity index (χ1) is 4.62. The fourth-order valence-corrected chi connectivity index (χ4v) is 1.05.